The summed E-state index contributed by atoms with van der Waals surface area (Å²) < 4.78 is 37.9. The topological polar surface area (TPSA) is 101 Å². The Morgan fingerprint density at radius 3 is 2.33 bits per heavy atom. The normalized spacial score (nSPS) is 10.0. The van der Waals surface area contributed by atoms with Gasteiger partial charge in [-0.15, -0.1) is 0 Å². The van der Waals surface area contributed by atoms with Gasteiger partial charge in [0.15, 0.2) is 0 Å². The summed E-state index contributed by atoms with van der Waals surface area (Å²) in [7, 11) is 0. The lowest BCUT2D eigenvalue weighted by molar-refractivity contribution is -0.137. The number of nitriles is 2. The SMILES string of the molecule is CC(=O)Nc1ccc(C(F)(F)F)cc1NN=C(C#N)C#N. The summed E-state index contributed by atoms with van der Waals surface area (Å²) in [6.07, 6.45) is -4.58. The Balaban J connectivity index is 3.24. The number of rotatable bonds is 3. The number of halogens is 3. The van der Waals surface area contributed by atoms with E-state index in [1.807, 2.05) is 0 Å². The molecular formula is C12H8F3N5O. The quantitative estimate of drug-likeness (QED) is 0.660. The van der Waals surface area contributed by atoms with Crippen molar-refractivity contribution in [2.45, 2.75) is 13.1 Å². The Kier molecular flexibility index (Phi) is 4.86. The van der Waals surface area contributed by atoms with Gasteiger partial charge in [0.05, 0.1) is 16.9 Å². The highest BCUT2D eigenvalue weighted by molar-refractivity contribution is 6.10. The summed E-state index contributed by atoms with van der Waals surface area (Å²) >= 11 is 0. The van der Waals surface area contributed by atoms with Gasteiger partial charge < -0.3 is 5.32 Å². The molecule has 0 heterocycles. The van der Waals surface area contributed by atoms with Crippen molar-refractivity contribution in [3.8, 4) is 12.1 Å². The number of hydrogen-bond donors (Lipinski definition) is 2. The molecule has 0 saturated heterocycles. The highest BCUT2D eigenvalue weighted by atomic mass is 19.4. The first-order valence-electron chi connectivity index (χ1n) is 5.40. The lowest BCUT2D eigenvalue weighted by Crippen LogP contribution is -2.11. The van der Waals surface area contributed by atoms with E-state index in [4.69, 9.17) is 10.5 Å². The third kappa shape index (κ3) is 4.51. The van der Waals surface area contributed by atoms with Crippen LogP contribution in [0.1, 0.15) is 12.5 Å². The van der Waals surface area contributed by atoms with Crippen molar-refractivity contribution in [3.05, 3.63) is 23.8 Å². The van der Waals surface area contributed by atoms with Gasteiger partial charge in [-0.3, -0.25) is 10.2 Å². The Morgan fingerprint density at radius 1 is 1.24 bits per heavy atom. The zero-order chi connectivity index (χ0) is 16.0. The van der Waals surface area contributed by atoms with E-state index in [2.05, 4.69) is 15.8 Å². The van der Waals surface area contributed by atoms with Gasteiger partial charge in [-0.05, 0) is 18.2 Å². The van der Waals surface area contributed by atoms with Crippen molar-refractivity contribution in [3.63, 3.8) is 0 Å². The molecule has 1 amide bonds. The molecule has 0 unspecified atom stereocenters. The van der Waals surface area contributed by atoms with E-state index in [0.717, 1.165) is 12.1 Å². The minimum atomic E-state index is -4.58. The van der Waals surface area contributed by atoms with Gasteiger partial charge in [-0.1, -0.05) is 0 Å². The lowest BCUT2D eigenvalue weighted by Gasteiger charge is -2.13. The molecule has 108 valence electrons. The van der Waals surface area contributed by atoms with Crippen LogP contribution in [0.15, 0.2) is 23.3 Å². The Morgan fingerprint density at radius 2 is 1.86 bits per heavy atom. The average molecular weight is 295 g/mol. The van der Waals surface area contributed by atoms with Gasteiger partial charge in [0.1, 0.15) is 12.1 Å². The maximum absolute atomic E-state index is 12.6. The third-order valence-corrected chi connectivity index (χ3v) is 2.16. The Labute approximate surface area is 117 Å². The van der Waals surface area contributed by atoms with Crippen LogP contribution >= 0.6 is 0 Å². The minimum Gasteiger partial charge on any atom is -0.324 e. The summed E-state index contributed by atoms with van der Waals surface area (Å²) in [6, 6.07) is 5.43. The van der Waals surface area contributed by atoms with Crippen molar-refractivity contribution in [2.24, 2.45) is 5.10 Å². The fraction of sp³-hybridized carbons (Fsp3) is 0.167. The smallest absolute Gasteiger partial charge is 0.324 e. The largest absolute Gasteiger partial charge is 0.416 e. The Hall–Kier alpha value is -3.07. The number of hydrazone groups is 1. The second kappa shape index (κ2) is 6.39. The third-order valence-electron chi connectivity index (χ3n) is 2.16. The molecule has 1 aromatic carbocycles. The van der Waals surface area contributed by atoms with Crippen molar-refractivity contribution in [1.29, 1.82) is 10.5 Å². The molecule has 0 bridgehead atoms. The molecule has 0 aliphatic heterocycles. The molecule has 9 heteroatoms. The standard InChI is InChI=1S/C12H8F3N5O/c1-7(21)18-10-3-2-8(12(13,14)15)4-11(10)20-19-9(5-16)6-17/h2-4,20H,1H3,(H,18,21). The minimum absolute atomic E-state index is 0.0366. The molecule has 0 aliphatic carbocycles. The molecule has 1 aromatic rings. The van der Waals surface area contributed by atoms with Gasteiger partial charge in [0.25, 0.3) is 0 Å². The molecule has 0 aromatic heterocycles. The van der Waals surface area contributed by atoms with Crippen molar-refractivity contribution >= 4 is 23.0 Å². The maximum Gasteiger partial charge on any atom is 0.416 e. The number of carbonyl (C=O) groups excluding carboxylic acids is 1. The average Bonchev–Trinajstić information content (AvgIpc) is 2.39. The summed E-state index contributed by atoms with van der Waals surface area (Å²) in [5, 5.41) is 22.7. The first kappa shape index (κ1) is 16.0. The summed E-state index contributed by atoms with van der Waals surface area (Å²) in [5.41, 5.74) is 0.470. The van der Waals surface area contributed by atoms with Gasteiger partial charge in [-0.25, -0.2) is 0 Å². The van der Waals surface area contributed by atoms with Gasteiger partial charge >= 0.3 is 6.18 Å². The van der Waals surface area contributed by atoms with Crippen LogP contribution < -0.4 is 10.7 Å². The van der Waals surface area contributed by atoms with E-state index < -0.39 is 23.4 Å². The van der Waals surface area contributed by atoms with E-state index in [0.29, 0.717) is 6.07 Å². The number of benzene rings is 1. The second-order valence-corrected chi connectivity index (χ2v) is 3.74. The zero-order valence-corrected chi connectivity index (χ0v) is 10.6. The number of hydrogen-bond acceptors (Lipinski definition) is 5. The number of amides is 1. The van der Waals surface area contributed by atoms with E-state index in [9.17, 15) is 18.0 Å². The summed E-state index contributed by atoms with van der Waals surface area (Å²) in [4.78, 5) is 11.0. The van der Waals surface area contributed by atoms with Crippen LogP contribution in [-0.4, -0.2) is 11.6 Å². The first-order valence-corrected chi connectivity index (χ1v) is 5.40. The molecular weight excluding hydrogens is 287 g/mol. The summed E-state index contributed by atoms with van der Waals surface area (Å²) in [5.74, 6) is -0.498. The molecule has 0 fully saturated rings. The number of alkyl halides is 3. The molecule has 0 spiro atoms. The first-order chi connectivity index (χ1) is 9.77. The number of nitrogens with zero attached hydrogens (tertiary/aromatic N) is 3. The lowest BCUT2D eigenvalue weighted by atomic mass is 10.1. The van der Waals surface area contributed by atoms with E-state index >= 15 is 0 Å². The maximum atomic E-state index is 12.6. The highest BCUT2D eigenvalue weighted by Gasteiger charge is 2.31. The predicted molar refractivity (Wildman–Crippen MR) is 68.0 cm³/mol. The van der Waals surface area contributed by atoms with E-state index in [1.54, 1.807) is 0 Å². The molecule has 0 radical (unpaired) electrons. The molecule has 0 atom stereocenters. The van der Waals surface area contributed by atoms with Crippen LogP contribution in [0.4, 0.5) is 24.5 Å². The fourth-order valence-electron chi connectivity index (χ4n) is 1.30. The molecule has 21 heavy (non-hydrogen) atoms. The van der Waals surface area contributed by atoms with Crippen LogP contribution in [0.2, 0.25) is 0 Å². The van der Waals surface area contributed by atoms with Gasteiger partial charge in [-0.2, -0.15) is 28.8 Å². The van der Waals surface area contributed by atoms with Crippen LogP contribution in [0.3, 0.4) is 0 Å². The Bertz CT molecular complexity index is 651. The van der Waals surface area contributed by atoms with Gasteiger partial charge in [0.2, 0.25) is 11.6 Å². The van der Waals surface area contributed by atoms with Crippen molar-refractivity contribution in [1.82, 2.24) is 0 Å². The molecule has 0 saturated carbocycles. The molecule has 2 N–H and O–H groups in total. The summed E-state index contributed by atoms with van der Waals surface area (Å²) in [6.45, 7) is 1.18. The van der Waals surface area contributed by atoms with Crippen LogP contribution in [-0.2, 0) is 11.0 Å². The monoisotopic (exact) mass is 295 g/mol. The molecule has 0 aliphatic rings. The van der Waals surface area contributed by atoms with E-state index in [-0.39, 0.29) is 11.4 Å². The number of carbonyl (C=O) groups is 1. The van der Waals surface area contributed by atoms with Crippen LogP contribution in [0.25, 0.3) is 0 Å². The van der Waals surface area contributed by atoms with E-state index in [1.165, 1.54) is 19.1 Å². The molecule has 1 rings (SSSR count). The fourth-order valence-corrected chi connectivity index (χ4v) is 1.30. The second-order valence-electron chi connectivity index (χ2n) is 3.74. The highest BCUT2D eigenvalue weighted by Crippen LogP contribution is 2.34. The van der Waals surface area contributed by atoms with Gasteiger partial charge in [0, 0.05) is 6.92 Å². The predicted octanol–water partition coefficient (Wildman–Crippen LogP) is 2.48. The number of anilines is 2. The molecule has 6 nitrogen and oxygen atoms in total. The van der Waals surface area contributed by atoms with Crippen molar-refractivity contribution < 1.29 is 18.0 Å². The zero-order valence-electron chi connectivity index (χ0n) is 10.6. The van der Waals surface area contributed by atoms with Crippen LogP contribution in [0.5, 0.6) is 0 Å². The van der Waals surface area contributed by atoms with Crippen molar-refractivity contribution in [2.75, 3.05) is 10.7 Å². The number of nitrogens with one attached hydrogen (secondary N) is 2. The van der Waals surface area contributed by atoms with Crippen LogP contribution in [0, 0.1) is 22.7 Å².